The van der Waals surface area contributed by atoms with Crippen LogP contribution in [-0.2, 0) is 19.2 Å². The Balaban J connectivity index is -0.000000200. The Morgan fingerprint density at radius 1 is 0.610 bits per heavy atom. The molecule has 0 unspecified atom stereocenters. The number of carboxylic acids is 1. The fourth-order valence-corrected chi connectivity index (χ4v) is 3.65. The van der Waals surface area contributed by atoms with Crippen molar-refractivity contribution in [1.29, 1.82) is 0 Å². The first-order valence-electron chi connectivity index (χ1n) is 14.4. The fourth-order valence-electron chi connectivity index (χ4n) is 3.65. The summed E-state index contributed by atoms with van der Waals surface area (Å²) in [5.74, 6) is -0.352. The molecule has 3 amide bonds. The monoisotopic (exact) mass is 720 g/mol. The van der Waals surface area contributed by atoms with Crippen LogP contribution in [0.2, 0.25) is 0 Å². The Labute approximate surface area is 271 Å². The first kappa shape index (κ1) is 49.4. The molecular weight excluding hydrogens is 660 g/mol. The van der Waals surface area contributed by atoms with Crippen molar-refractivity contribution in [3.8, 4) is 0 Å². The van der Waals surface area contributed by atoms with Crippen LogP contribution in [0.15, 0.2) is 0 Å². The summed E-state index contributed by atoms with van der Waals surface area (Å²) in [6, 6.07) is 0. The van der Waals surface area contributed by atoms with E-state index in [9.17, 15) is 19.2 Å². The normalized spacial score (nSPS) is 10.4. The number of carboxylic acid groups (broad SMARTS) is 1. The highest BCUT2D eigenvalue weighted by molar-refractivity contribution is 5.76. The second-order valence-corrected chi connectivity index (χ2v) is 11.2. The van der Waals surface area contributed by atoms with Crippen molar-refractivity contribution in [1.82, 2.24) is 20.9 Å². The lowest BCUT2D eigenvalue weighted by molar-refractivity contribution is -1.07. The van der Waals surface area contributed by atoms with Gasteiger partial charge in [0.25, 0.3) is 0 Å². The number of amides is 3. The minimum Gasteiger partial charge on any atom is -1.00 e. The van der Waals surface area contributed by atoms with Gasteiger partial charge in [-0.05, 0) is 27.1 Å². The van der Waals surface area contributed by atoms with Gasteiger partial charge in [0.1, 0.15) is 0 Å². The van der Waals surface area contributed by atoms with Gasteiger partial charge in [-0.3, -0.25) is 28.1 Å². The molecule has 0 saturated carbocycles. The lowest BCUT2D eigenvalue weighted by Gasteiger charge is -2.39. The number of hydrogen-bond donors (Lipinski definition) is 4. The summed E-state index contributed by atoms with van der Waals surface area (Å²) >= 11 is 0. The van der Waals surface area contributed by atoms with Gasteiger partial charge in [0, 0.05) is 58.2 Å². The summed E-state index contributed by atoms with van der Waals surface area (Å²) in [6.07, 6.45) is 4.92. The molecule has 0 atom stereocenters. The molecule has 0 aromatic heterocycles. The Morgan fingerprint density at radius 2 is 0.902 bits per heavy atom. The summed E-state index contributed by atoms with van der Waals surface area (Å²) in [5.41, 5.74) is 0. The van der Waals surface area contributed by atoms with Crippen LogP contribution in [0.1, 0.15) is 72.6 Å². The van der Waals surface area contributed by atoms with E-state index in [4.69, 9.17) is 5.11 Å². The molecule has 0 radical (unpaired) electrons. The molecule has 13 heteroatoms. The summed E-state index contributed by atoms with van der Waals surface area (Å²) in [7, 11) is 13.0. The van der Waals surface area contributed by atoms with Gasteiger partial charge in [0.05, 0.1) is 41.3 Å². The highest BCUT2D eigenvalue weighted by atomic mass is 79.9. The van der Waals surface area contributed by atoms with Gasteiger partial charge in [-0.2, -0.15) is 0 Å². The highest BCUT2D eigenvalue weighted by Crippen LogP contribution is 2.08. The van der Waals surface area contributed by atoms with Gasteiger partial charge in [0.15, 0.2) is 0 Å². The maximum Gasteiger partial charge on any atom is 0.303 e. The molecule has 4 N–H and O–H groups in total. The molecule has 0 aliphatic heterocycles. The molecule has 0 aliphatic rings. The molecule has 11 nitrogen and oxygen atoms in total. The Hall–Kier alpha value is -1.28. The van der Waals surface area contributed by atoms with Gasteiger partial charge in [-0.15, -0.1) is 0 Å². The van der Waals surface area contributed by atoms with Crippen molar-refractivity contribution < 1.29 is 67.2 Å². The first-order chi connectivity index (χ1) is 18.1. The zero-order valence-electron chi connectivity index (χ0n) is 27.6. The second-order valence-electron chi connectivity index (χ2n) is 11.2. The molecular formula is C28H62Br2N6O5. The van der Waals surface area contributed by atoms with Crippen LogP contribution in [-0.4, -0.2) is 131 Å². The van der Waals surface area contributed by atoms with E-state index in [2.05, 4.69) is 49.0 Å². The zero-order valence-corrected chi connectivity index (χ0v) is 30.7. The summed E-state index contributed by atoms with van der Waals surface area (Å²) in [6.45, 7) is 13.7. The van der Waals surface area contributed by atoms with Crippen LogP contribution in [0.3, 0.4) is 0 Å². The maximum atomic E-state index is 11.2. The number of carbonyl (C=O) groups is 4. The third kappa shape index (κ3) is 40.9. The number of halogens is 2. The molecule has 0 aliphatic carbocycles. The number of carbonyl (C=O) groups excluding carboxylic acids is 3. The largest absolute Gasteiger partial charge is 1.00 e. The van der Waals surface area contributed by atoms with Crippen molar-refractivity contribution in [2.45, 2.75) is 72.6 Å². The Kier molecular flexibility index (Phi) is 36.4. The molecule has 0 saturated heterocycles. The third-order valence-electron chi connectivity index (χ3n) is 5.66. The van der Waals surface area contributed by atoms with E-state index in [1.54, 1.807) is 6.92 Å². The van der Waals surface area contributed by atoms with E-state index in [1.165, 1.54) is 0 Å². The van der Waals surface area contributed by atoms with Crippen molar-refractivity contribution in [3.05, 3.63) is 0 Å². The van der Waals surface area contributed by atoms with Gasteiger partial charge < -0.3 is 59.9 Å². The van der Waals surface area contributed by atoms with E-state index in [1.807, 2.05) is 34.9 Å². The maximum absolute atomic E-state index is 11.2. The van der Waals surface area contributed by atoms with E-state index in [-0.39, 0.29) is 58.1 Å². The second kappa shape index (κ2) is 30.2. The number of hydrogen-bond acceptors (Lipinski definition) is 5. The van der Waals surface area contributed by atoms with Crippen molar-refractivity contribution in [2.24, 2.45) is 0 Å². The number of nitrogens with zero attached hydrogens (tertiary/aromatic N) is 3. The summed E-state index contributed by atoms with van der Waals surface area (Å²) in [5, 5.41) is 16.4. The van der Waals surface area contributed by atoms with E-state index in [0.29, 0.717) is 19.3 Å². The number of rotatable bonds is 18. The zero-order chi connectivity index (χ0) is 30.9. The quantitative estimate of drug-likeness (QED) is 0.0648. The van der Waals surface area contributed by atoms with E-state index < -0.39 is 5.97 Å². The SMILES string of the molecule is CCC(=O)NCCCN(C)C.CCC(=O)NCCC[N+](C)(C)C[N+](C)(C)CCCNC(=O)CC.CCC(=O)O.[Br-].[Br-]. The predicted molar refractivity (Wildman–Crippen MR) is 159 cm³/mol. The molecule has 0 aromatic carbocycles. The van der Waals surface area contributed by atoms with Gasteiger partial charge in [-0.1, -0.05) is 27.7 Å². The van der Waals surface area contributed by atoms with Crippen LogP contribution >= 0.6 is 0 Å². The van der Waals surface area contributed by atoms with Crippen LogP contribution in [0, 0.1) is 0 Å². The molecule has 0 spiro atoms. The molecule has 0 aromatic rings. The van der Waals surface area contributed by atoms with Crippen LogP contribution in [0.25, 0.3) is 0 Å². The predicted octanol–water partition coefficient (Wildman–Crippen LogP) is -4.12. The average molecular weight is 723 g/mol. The lowest BCUT2D eigenvalue weighted by Crippen LogP contribution is -3.00. The van der Waals surface area contributed by atoms with Gasteiger partial charge >= 0.3 is 5.97 Å². The molecule has 41 heavy (non-hydrogen) atoms. The van der Waals surface area contributed by atoms with Crippen molar-refractivity contribution >= 4 is 23.7 Å². The fraction of sp³-hybridized carbons (Fsp3) is 0.857. The lowest BCUT2D eigenvalue weighted by atomic mass is 10.3. The van der Waals surface area contributed by atoms with Crippen molar-refractivity contribution in [2.75, 3.05) is 88.2 Å². The standard InChI is InChI=1S/C17H36N4O2.C8H18N2O.C3H6O2.2BrH/c1-7-16(22)18-11-9-13-20(3,4)15-21(5,6)14-10-12-19-17(23)8-2;1-4-8(11)9-6-5-7-10(2)3;1-2-3(4)5;;/h7-15H2,1-6H3;4-7H2,1-3H3,(H,9,11);2H2,1H3,(H,4,5);2*1H. The summed E-state index contributed by atoms with van der Waals surface area (Å²) in [4.78, 5) is 44.7. The molecule has 0 bridgehead atoms. The van der Waals surface area contributed by atoms with Crippen LogP contribution in [0.5, 0.6) is 0 Å². The molecule has 0 heterocycles. The van der Waals surface area contributed by atoms with Gasteiger partial charge in [-0.25, -0.2) is 0 Å². The minimum atomic E-state index is -0.745. The topological polar surface area (TPSA) is 128 Å². The molecule has 248 valence electrons. The minimum absolute atomic E-state index is 0. The summed E-state index contributed by atoms with van der Waals surface area (Å²) < 4.78 is 1.85. The number of nitrogens with one attached hydrogen (secondary N) is 3. The Bertz CT molecular complexity index is 646. The van der Waals surface area contributed by atoms with Gasteiger partial charge in [0.2, 0.25) is 24.4 Å². The molecule has 0 rings (SSSR count). The number of aliphatic carboxylic acids is 1. The highest BCUT2D eigenvalue weighted by Gasteiger charge is 2.26. The first-order valence-corrected chi connectivity index (χ1v) is 14.4. The smallest absolute Gasteiger partial charge is 0.303 e. The molecule has 0 fully saturated rings. The van der Waals surface area contributed by atoms with E-state index >= 15 is 0 Å². The van der Waals surface area contributed by atoms with Crippen LogP contribution < -0.4 is 49.9 Å². The van der Waals surface area contributed by atoms with Crippen molar-refractivity contribution in [3.63, 3.8) is 0 Å². The van der Waals surface area contributed by atoms with E-state index in [0.717, 1.165) is 74.2 Å². The number of quaternary nitrogens is 2. The third-order valence-corrected chi connectivity index (χ3v) is 5.66. The average Bonchev–Trinajstić information content (AvgIpc) is 2.86. The van der Waals surface area contributed by atoms with Crippen LogP contribution in [0.4, 0.5) is 0 Å². The Morgan fingerprint density at radius 3 is 1.15 bits per heavy atom.